The van der Waals surface area contributed by atoms with Crippen LogP contribution in [0.15, 0.2) is 54.7 Å². The van der Waals surface area contributed by atoms with Gasteiger partial charge in [0.2, 0.25) is 5.88 Å². The lowest BCUT2D eigenvalue weighted by Gasteiger charge is -2.32. The number of aromatic amines is 1. The first-order valence-corrected chi connectivity index (χ1v) is 14.3. The predicted octanol–water partition coefficient (Wildman–Crippen LogP) is 4.89. The van der Waals surface area contributed by atoms with Gasteiger partial charge in [-0.25, -0.2) is 19.2 Å². The maximum Gasteiger partial charge on any atom is 0.335 e. The van der Waals surface area contributed by atoms with Gasteiger partial charge in [0, 0.05) is 35.2 Å². The van der Waals surface area contributed by atoms with Crippen LogP contribution in [0.1, 0.15) is 52.6 Å². The molecule has 0 unspecified atom stereocenters. The van der Waals surface area contributed by atoms with Crippen LogP contribution in [0.4, 0.5) is 4.39 Å². The molecule has 216 valence electrons. The second kappa shape index (κ2) is 11.1. The molecule has 2 aliphatic heterocycles. The van der Waals surface area contributed by atoms with Crippen molar-refractivity contribution < 1.29 is 23.8 Å². The number of nitrogens with one attached hydrogen (secondary N) is 1. The molecule has 42 heavy (non-hydrogen) atoms. The molecule has 11 heteroatoms. The molecule has 2 saturated heterocycles. The summed E-state index contributed by atoms with van der Waals surface area (Å²) in [5.74, 6) is 0.397. The molecule has 0 spiro atoms. The van der Waals surface area contributed by atoms with E-state index in [1.54, 1.807) is 36.5 Å². The molecule has 0 radical (unpaired) electrons. The predicted molar refractivity (Wildman–Crippen MR) is 153 cm³/mol. The third-order valence-corrected chi connectivity index (χ3v) is 8.38. The summed E-state index contributed by atoms with van der Waals surface area (Å²) in [5.41, 5.74) is 3.69. The number of aromatic carboxylic acids is 1. The van der Waals surface area contributed by atoms with Gasteiger partial charge in [-0.05, 0) is 56.6 Å². The van der Waals surface area contributed by atoms with Crippen molar-refractivity contribution in [3.05, 3.63) is 83.2 Å². The monoisotopic (exact) mass is 570 g/mol. The smallest absolute Gasteiger partial charge is 0.335 e. The Kier molecular flexibility index (Phi) is 7.04. The Morgan fingerprint density at radius 1 is 1.12 bits per heavy atom. The summed E-state index contributed by atoms with van der Waals surface area (Å²) in [4.78, 5) is 23.6. The molecule has 2 fully saturated rings. The topological polar surface area (TPSA) is 118 Å². The molecular formula is C31H31FN6O4. The highest BCUT2D eigenvalue weighted by Gasteiger charge is 2.26. The van der Waals surface area contributed by atoms with Gasteiger partial charge in [0.1, 0.15) is 17.9 Å². The van der Waals surface area contributed by atoms with E-state index in [1.807, 2.05) is 18.2 Å². The summed E-state index contributed by atoms with van der Waals surface area (Å²) in [7, 11) is 0. The summed E-state index contributed by atoms with van der Waals surface area (Å²) in [5, 5.41) is 16.8. The van der Waals surface area contributed by atoms with E-state index in [4.69, 9.17) is 19.4 Å². The van der Waals surface area contributed by atoms with Crippen molar-refractivity contribution in [2.24, 2.45) is 0 Å². The van der Waals surface area contributed by atoms with Crippen LogP contribution in [0, 0.1) is 5.82 Å². The van der Waals surface area contributed by atoms with E-state index >= 15 is 0 Å². The molecule has 1 atom stereocenters. The van der Waals surface area contributed by atoms with Gasteiger partial charge in [0.15, 0.2) is 5.82 Å². The van der Waals surface area contributed by atoms with Gasteiger partial charge >= 0.3 is 5.97 Å². The number of nitrogens with zero attached hydrogens (tertiary/aromatic N) is 5. The van der Waals surface area contributed by atoms with E-state index in [1.165, 1.54) is 0 Å². The lowest BCUT2D eigenvalue weighted by atomic mass is 9.93. The molecular weight excluding hydrogens is 539 g/mol. The molecule has 10 nitrogen and oxygen atoms in total. The number of H-pyrrole nitrogens is 1. The van der Waals surface area contributed by atoms with Crippen LogP contribution in [0.5, 0.6) is 5.88 Å². The lowest BCUT2D eigenvalue weighted by molar-refractivity contribution is -0.0592. The van der Waals surface area contributed by atoms with E-state index in [9.17, 15) is 14.3 Å². The van der Waals surface area contributed by atoms with Crippen LogP contribution in [0.3, 0.4) is 0 Å². The zero-order valence-corrected chi connectivity index (χ0v) is 23.0. The summed E-state index contributed by atoms with van der Waals surface area (Å²) in [6.45, 7) is 3.96. The van der Waals surface area contributed by atoms with Crippen molar-refractivity contribution in [1.29, 1.82) is 0 Å². The standard InChI is InChI=1S/C31H31FN6O4/c32-29-22(5-4-21-15-33-36-30(21)29)18-42-28-3-1-2-24(35-28)19-8-11-37(12-9-19)17-27-34-25-7-6-20(31(39)40)14-26(25)38(27)16-23-10-13-41-23/h1-7,14-15,19,23H,8-13,16-18H2,(H,33,36)(H,39,40)/t23-/m0/s1. The molecule has 0 amide bonds. The minimum absolute atomic E-state index is 0.0799. The zero-order valence-electron chi connectivity index (χ0n) is 23.0. The third kappa shape index (κ3) is 5.21. The highest BCUT2D eigenvalue weighted by Crippen LogP contribution is 2.30. The first kappa shape index (κ1) is 26.5. The lowest BCUT2D eigenvalue weighted by Crippen LogP contribution is -2.35. The fourth-order valence-electron chi connectivity index (χ4n) is 5.87. The van der Waals surface area contributed by atoms with Crippen molar-refractivity contribution in [3.8, 4) is 5.88 Å². The first-order chi connectivity index (χ1) is 20.5. The van der Waals surface area contributed by atoms with Gasteiger partial charge in [-0.1, -0.05) is 18.2 Å². The Morgan fingerprint density at radius 2 is 1.98 bits per heavy atom. The summed E-state index contributed by atoms with van der Waals surface area (Å²) in [6.07, 6.45) is 4.60. The van der Waals surface area contributed by atoms with Crippen molar-refractivity contribution in [2.75, 3.05) is 19.7 Å². The van der Waals surface area contributed by atoms with Gasteiger partial charge in [-0.15, -0.1) is 0 Å². The van der Waals surface area contributed by atoms with E-state index in [2.05, 4.69) is 19.7 Å². The van der Waals surface area contributed by atoms with E-state index in [0.717, 1.165) is 66.9 Å². The molecule has 2 aromatic carbocycles. The maximum absolute atomic E-state index is 14.8. The van der Waals surface area contributed by atoms with E-state index in [0.29, 0.717) is 36.0 Å². The number of aromatic nitrogens is 5. The molecule has 2 aliphatic rings. The highest BCUT2D eigenvalue weighted by atomic mass is 19.1. The normalized spacial score (nSPS) is 18.0. The minimum atomic E-state index is -0.945. The fourth-order valence-corrected chi connectivity index (χ4v) is 5.87. The molecule has 3 aromatic heterocycles. The Morgan fingerprint density at radius 3 is 2.76 bits per heavy atom. The number of carboxylic acids is 1. The van der Waals surface area contributed by atoms with Crippen molar-refractivity contribution in [3.63, 3.8) is 0 Å². The highest BCUT2D eigenvalue weighted by molar-refractivity contribution is 5.92. The van der Waals surface area contributed by atoms with Gasteiger partial charge in [-0.2, -0.15) is 5.10 Å². The van der Waals surface area contributed by atoms with Crippen LogP contribution < -0.4 is 4.74 Å². The molecule has 5 aromatic rings. The Balaban J connectivity index is 1.01. The molecule has 2 N–H and O–H groups in total. The summed E-state index contributed by atoms with van der Waals surface area (Å²) < 4.78 is 28.5. The molecule has 0 bridgehead atoms. The van der Waals surface area contributed by atoms with E-state index < -0.39 is 5.97 Å². The number of fused-ring (bicyclic) bond motifs is 2. The number of carbonyl (C=O) groups is 1. The average molecular weight is 571 g/mol. The summed E-state index contributed by atoms with van der Waals surface area (Å²) in [6, 6.07) is 14.4. The zero-order chi connectivity index (χ0) is 28.6. The average Bonchev–Trinajstić information content (AvgIpc) is 3.60. The van der Waals surface area contributed by atoms with Crippen molar-refractivity contribution in [1.82, 2.24) is 29.6 Å². The second-order valence-corrected chi connectivity index (χ2v) is 11.0. The number of ether oxygens (including phenoxy) is 2. The molecule has 0 saturated carbocycles. The number of rotatable bonds is 9. The Labute approximate surface area is 241 Å². The van der Waals surface area contributed by atoms with Gasteiger partial charge in [0.05, 0.1) is 42.0 Å². The van der Waals surface area contributed by atoms with Gasteiger partial charge in [-0.3, -0.25) is 10.00 Å². The second-order valence-electron chi connectivity index (χ2n) is 11.0. The molecule has 7 rings (SSSR count). The molecule has 0 aliphatic carbocycles. The minimum Gasteiger partial charge on any atom is -0.478 e. The number of hydrogen-bond donors (Lipinski definition) is 2. The van der Waals surface area contributed by atoms with E-state index in [-0.39, 0.29) is 24.1 Å². The van der Waals surface area contributed by atoms with Crippen LogP contribution in [0.25, 0.3) is 21.9 Å². The van der Waals surface area contributed by atoms with Crippen LogP contribution in [0.2, 0.25) is 0 Å². The largest absolute Gasteiger partial charge is 0.478 e. The van der Waals surface area contributed by atoms with Gasteiger partial charge in [0.25, 0.3) is 0 Å². The van der Waals surface area contributed by atoms with Crippen LogP contribution in [-0.4, -0.2) is 66.5 Å². The van der Waals surface area contributed by atoms with Gasteiger partial charge < -0.3 is 19.1 Å². The Hall–Kier alpha value is -4.35. The number of hydrogen-bond acceptors (Lipinski definition) is 7. The number of benzene rings is 2. The number of imidazole rings is 1. The fraction of sp³-hybridized carbons (Fsp3) is 0.355. The quantitative estimate of drug-likeness (QED) is 0.257. The number of carboxylic acid groups (broad SMARTS) is 1. The first-order valence-electron chi connectivity index (χ1n) is 14.3. The SMILES string of the molecule is O=C(O)c1ccc2nc(CN3CCC(c4cccc(OCc5ccc6cn[nH]c6c5F)n4)CC3)n(C[C@@H]3CCO3)c2c1. The number of likely N-dealkylation sites (tertiary alicyclic amines) is 1. The number of piperidine rings is 1. The maximum atomic E-state index is 14.8. The van der Waals surface area contributed by atoms with Crippen molar-refractivity contribution >= 4 is 27.9 Å². The molecule has 5 heterocycles. The summed E-state index contributed by atoms with van der Waals surface area (Å²) >= 11 is 0. The van der Waals surface area contributed by atoms with Crippen molar-refractivity contribution in [2.45, 2.75) is 51.0 Å². The Bertz CT molecular complexity index is 1760. The van der Waals surface area contributed by atoms with Crippen LogP contribution >= 0.6 is 0 Å². The number of halogens is 1. The number of pyridine rings is 1. The third-order valence-electron chi connectivity index (χ3n) is 8.38. The van der Waals surface area contributed by atoms with Crippen LogP contribution in [-0.2, 0) is 24.4 Å².